The fourth-order valence-electron chi connectivity index (χ4n) is 3.75. The van der Waals surface area contributed by atoms with E-state index in [4.69, 9.17) is 4.74 Å². The number of carbonyl (C=O) groups is 3. The van der Waals surface area contributed by atoms with Crippen LogP contribution in [0, 0.1) is 0 Å². The van der Waals surface area contributed by atoms with Crippen LogP contribution in [0.4, 0.5) is 16.2 Å². The predicted molar refractivity (Wildman–Crippen MR) is 130 cm³/mol. The molecule has 1 aliphatic rings. The minimum absolute atomic E-state index is 0.0166. The molecule has 3 rings (SSSR count). The first-order valence-electron chi connectivity index (χ1n) is 10.7. The second-order valence-corrected chi connectivity index (χ2v) is 11.0. The zero-order valence-corrected chi connectivity index (χ0v) is 20.7. The number of nitrogens with zero attached hydrogens (tertiary/aromatic N) is 1. The van der Waals surface area contributed by atoms with Gasteiger partial charge in [0.25, 0.3) is 0 Å². The van der Waals surface area contributed by atoms with Crippen molar-refractivity contribution < 1.29 is 27.5 Å². The molecule has 0 saturated carbocycles. The Balaban J connectivity index is 2.02. The van der Waals surface area contributed by atoms with Crippen LogP contribution in [0.2, 0.25) is 0 Å². The molecule has 34 heavy (non-hydrogen) atoms. The molecule has 1 fully saturated rings. The third-order valence-electron chi connectivity index (χ3n) is 5.33. The molecule has 0 unspecified atom stereocenters. The van der Waals surface area contributed by atoms with E-state index < -0.39 is 21.5 Å². The Bertz CT molecular complexity index is 1210. The van der Waals surface area contributed by atoms with E-state index in [0.717, 1.165) is 11.2 Å². The van der Waals surface area contributed by atoms with Crippen molar-refractivity contribution in [2.45, 2.75) is 39.0 Å². The molecule has 0 bridgehead atoms. The lowest BCUT2D eigenvalue weighted by Gasteiger charge is -2.30. The molecule has 2 N–H and O–H groups in total. The van der Waals surface area contributed by atoms with Gasteiger partial charge in [0.2, 0.25) is 15.9 Å². The molecular formula is C24H29N3O6S. The third-order valence-corrected chi connectivity index (χ3v) is 5.94. The lowest BCUT2D eigenvalue weighted by atomic mass is 9.83. The van der Waals surface area contributed by atoms with Crippen molar-refractivity contribution in [1.82, 2.24) is 5.32 Å². The first-order valence-corrected chi connectivity index (χ1v) is 12.6. The van der Waals surface area contributed by atoms with Crippen LogP contribution >= 0.6 is 0 Å². The summed E-state index contributed by atoms with van der Waals surface area (Å²) in [4.78, 5) is 39.4. The molecule has 0 aliphatic carbocycles. The van der Waals surface area contributed by atoms with E-state index in [-0.39, 0.29) is 36.6 Å². The summed E-state index contributed by atoms with van der Waals surface area (Å²) in [7, 11) is -1.93. The zero-order chi connectivity index (χ0) is 25.3. The predicted octanol–water partition coefficient (Wildman–Crippen LogP) is 3.24. The van der Waals surface area contributed by atoms with E-state index in [9.17, 15) is 22.8 Å². The van der Waals surface area contributed by atoms with Crippen molar-refractivity contribution in [3.63, 3.8) is 0 Å². The number of benzene rings is 2. The highest BCUT2D eigenvalue weighted by Gasteiger charge is 2.32. The highest BCUT2D eigenvalue weighted by atomic mass is 32.2. The maximum atomic E-state index is 13.4. The number of amides is 3. The first kappa shape index (κ1) is 25.2. The molecule has 10 heteroatoms. The van der Waals surface area contributed by atoms with E-state index in [2.05, 4.69) is 10.0 Å². The van der Waals surface area contributed by atoms with Crippen molar-refractivity contribution in [2.75, 3.05) is 29.5 Å². The molecule has 2 aromatic rings. The quantitative estimate of drug-likeness (QED) is 0.578. The number of nitrogens with one attached hydrogen (secondary N) is 2. The molecular weight excluding hydrogens is 458 g/mol. The molecule has 3 amide bonds. The second-order valence-electron chi connectivity index (χ2n) is 9.21. The van der Waals surface area contributed by atoms with Gasteiger partial charge in [0.05, 0.1) is 24.6 Å². The van der Waals surface area contributed by atoms with Gasteiger partial charge in [0, 0.05) is 30.6 Å². The standard InChI is InChI=1S/C24H29N3O6S/c1-24(2,3)19-14-17(27-21(29)10-11-25-23(27)30)13-18(22(19)33-4)20(28)12-15-6-8-16(9-7-15)26-34(5,31)32/h6-9,13-14,26H,10-12H2,1-5H3,(H,25,30). The lowest BCUT2D eigenvalue weighted by Crippen LogP contribution is -2.50. The summed E-state index contributed by atoms with van der Waals surface area (Å²) in [5.41, 5.74) is 1.88. The summed E-state index contributed by atoms with van der Waals surface area (Å²) in [6, 6.07) is 9.17. The maximum Gasteiger partial charge on any atom is 0.328 e. The van der Waals surface area contributed by atoms with Crippen molar-refractivity contribution in [3.05, 3.63) is 53.1 Å². The largest absolute Gasteiger partial charge is 0.496 e. The van der Waals surface area contributed by atoms with Crippen LogP contribution in [0.25, 0.3) is 0 Å². The van der Waals surface area contributed by atoms with Crippen LogP contribution in [0.15, 0.2) is 36.4 Å². The number of methoxy groups -OCH3 is 1. The normalized spacial score (nSPS) is 14.6. The maximum absolute atomic E-state index is 13.4. The molecule has 0 atom stereocenters. The summed E-state index contributed by atoms with van der Waals surface area (Å²) in [5.74, 6) is -0.222. The van der Waals surface area contributed by atoms with Gasteiger partial charge in [-0.25, -0.2) is 18.1 Å². The molecule has 0 aromatic heterocycles. The van der Waals surface area contributed by atoms with Crippen LogP contribution in [0.5, 0.6) is 5.75 Å². The fraction of sp³-hybridized carbons (Fsp3) is 0.375. The van der Waals surface area contributed by atoms with Gasteiger partial charge in [-0.05, 0) is 35.2 Å². The zero-order valence-electron chi connectivity index (χ0n) is 19.9. The first-order chi connectivity index (χ1) is 15.8. The van der Waals surface area contributed by atoms with Crippen LogP contribution < -0.4 is 19.7 Å². The number of carbonyl (C=O) groups excluding carboxylic acids is 3. The lowest BCUT2D eigenvalue weighted by molar-refractivity contribution is -0.118. The number of Topliss-reactive ketones (excluding diaryl/α,β-unsaturated/α-hetero) is 1. The summed E-state index contributed by atoms with van der Waals surface area (Å²) >= 11 is 0. The summed E-state index contributed by atoms with van der Waals surface area (Å²) < 4.78 is 30.8. The number of ketones is 1. The Morgan fingerprint density at radius 3 is 2.32 bits per heavy atom. The summed E-state index contributed by atoms with van der Waals surface area (Å²) in [6.45, 7) is 6.13. The van der Waals surface area contributed by atoms with Crippen molar-refractivity contribution in [1.29, 1.82) is 0 Å². The second kappa shape index (κ2) is 9.46. The Morgan fingerprint density at radius 2 is 1.79 bits per heavy atom. The molecule has 2 aromatic carbocycles. The van der Waals surface area contributed by atoms with Gasteiger partial charge >= 0.3 is 6.03 Å². The van der Waals surface area contributed by atoms with E-state index in [0.29, 0.717) is 28.3 Å². The van der Waals surface area contributed by atoms with E-state index in [1.54, 1.807) is 30.3 Å². The van der Waals surface area contributed by atoms with E-state index >= 15 is 0 Å². The van der Waals surface area contributed by atoms with Gasteiger partial charge in [-0.15, -0.1) is 0 Å². The minimum Gasteiger partial charge on any atom is -0.496 e. The summed E-state index contributed by atoms with van der Waals surface area (Å²) in [5, 5.41) is 2.66. The van der Waals surface area contributed by atoms with Crippen LogP contribution in [0.3, 0.4) is 0 Å². The number of sulfonamides is 1. The van der Waals surface area contributed by atoms with E-state index in [1.807, 2.05) is 20.8 Å². The van der Waals surface area contributed by atoms with Crippen LogP contribution in [-0.4, -0.2) is 46.0 Å². The third kappa shape index (κ3) is 5.74. The van der Waals surface area contributed by atoms with Gasteiger partial charge < -0.3 is 10.1 Å². The Morgan fingerprint density at radius 1 is 1.15 bits per heavy atom. The van der Waals surface area contributed by atoms with Crippen molar-refractivity contribution in [2.24, 2.45) is 0 Å². The highest BCUT2D eigenvalue weighted by Crippen LogP contribution is 2.39. The average molecular weight is 488 g/mol. The van der Waals surface area contributed by atoms with Gasteiger partial charge in [-0.2, -0.15) is 0 Å². The Labute approximate surface area is 199 Å². The fourth-order valence-corrected chi connectivity index (χ4v) is 4.32. The van der Waals surface area contributed by atoms with Gasteiger partial charge in [-0.3, -0.25) is 14.3 Å². The van der Waals surface area contributed by atoms with Crippen molar-refractivity contribution >= 4 is 39.1 Å². The highest BCUT2D eigenvalue weighted by molar-refractivity contribution is 7.92. The van der Waals surface area contributed by atoms with Gasteiger partial charge in [-0.1, -0.05) is 32.9 Å². The van der Waals surface area contributed by atoms with Crippen LogP contribution in [-0.2, 0) is 26.7 Å². The van der Waals surface area contributed by atoms with E-state index in [1.165, 1.54) is 13.2 Å². The number of hydrogen-bond donors (Lipinski definition) is 2. The average Bonchev–Trinajstić information content (AvgIpc) is 2.72. The molecule has 9 nitrogen and oxygen atoms in total. The number of imide groups is 1. The molecule has 1 heterocycles. The van der Waals surface area contributed by atoms with Gasteiger partial charge in [0.1, 0.15) is 5.75 Å². The molecule has 1 saturated heterocycles. The smallest absolute Gasteiger partial charge is 0.328 e. The number of ether oxygens (including phenoxy) is 1. The summed E-state index contributed by atoms with van der Waals surface area (Å²) in [6.07, 6.45) is 1.24. The molecule has 0 radical (unpaired) electrons. The number of urea groups is 1. The number of rotatable bonds is 7. The topological polar surface area (TPSA) is 122 Å². The molecule has 182 valence electrons. The monoisotopic (exact) mass is 487 g/mol. The molecule has 1 aliphatic heterocycles. The van der Waals surface area contributed by atoms with Crippen LogP contribution in [0.1, 0.15) is 48.7 Å². The SMILES string of the molecule is COc1c(C(=O)Cc2ccc(NS(C)(=O)=O)cc2)cc(N2C(=O)CCNC2=O)cc1C(C)(C)C. The minimum atomic E-state index is -3.41. The Hall–Kier alpha value is -3.40. The van der Waals surface area contributed by atoms with Crippen molar-refractivity contribution in [3.8, 4) is 5.75 Å². The number of hydrogen-bond acceptors (Lipinski definition) is 6. The molecule has 0 spiro atoms. The number of anilines is 2. The Kier molecular flexibility index (Phi) is 7.02. The van der Waals surface area contributed by atoms with Gasteiger partial charge in [0.15, 0.2) is 5.78 Å².